The molecule has 2 fully saturated rings. The van der Waals surface area contributed by atoms with Gasteiger partial charge in [-0.25, -0.2) is 4.39 Å². The van der Waals surface area contributed by atoms with Crippen LogP contribution in [0, 0.1) is 27.2 Å². The number of nitrogens with zero attached hydrogens (tertiary/aromatic N) is 1. The van der Waals surface area contributed by atoms with Gasteiger partial charge >= 0.3 is 5.69 Å². The van der Waals surface area contributed by atoms with Crippen LogP contribution in [0.2, 0.25) is 0 Å². The van der Waals surface area contributed by atoms with Gasteiger partial charge in [-0.3, -0.25) is 10.1 Å². The highest BCUT2D eigenvalue weighted by molar-refractivity contribution is 6.21. The lowest BCUT2D eigenvalue weighted by Gasteiger charge is -2.50. The summed E-state index contributed by atoms with van der Waals surface area (Å²) < 4.78 is 33.0. The van der Waals surface area contributed by atoms with Crippen molar-refractivity contribution in [2.45, 2.75) is 43.6 Å². The van der Waals surface area contributed by atoms with E-state index in [2.05, 4.69) is 0 Å². The zero-order valence-electron chi connectivity index (χ0n) is 11.2. The van der Waals surface area contributed by atoms with Crippen LogP contribution in [-0.2, 0) is 0 Å². The Balaban J connectivity index is 1.83. The van der Waals surface area contributed by atoms with Gasteiger partial charge in [0, 0.05) is 23.3 Å². The lowest BCUT2D eigenvalue weighted by molar-refractivity contribution is -0.387. The van der Waals surface area contributed by atoms with E-state index in [1.165, 1.54) is 0 Å². The van der Waals surface area contributed by atoms with Crippen molar-refractivity contribution in [1.82, 2.24) is 0 Å². The summed E-state index contributed by atoms with van der Waals surface area (Å²) in [6.07, 6.45) is 4.28. The van der Waals surface area contributed by atoms with Gasteiger partial charge in [0.1, 0.15) is 6.10 Å². The Kier molecular flexibility index (Phi) is 3.51. The van der Waals surface area contributed by atoms with E-state index >= 15 is 0 Å². The lowest BCUT2D eigenvalue weighted by Crippen LogP contribution is -2.55. The maximum Gasteiger partial charge on any atom is 0.307 e. The van der Waals surface area contributed by atoms with Gasteiger partial charge in [0.15, 0.2) is 11.6 Å². The largest absolute Gasteiger partial charge is 0.487 e. The minimum atomic E-state index is -1.10. The maximum absolute atomic E-state index is 13.9. The van der Waals surface area contributed by atoms with Crippen LogP contribution in [0.5, 0.6) is 5.75 Å². The smallest absolute Gasteiger partial charge is 0.307 e. The minimum absolute atomic E-state index is 0.00374. The molecule has 0 N–H and O–H groups in total. The first-order chi connectivity index (χ1) is 9.94. The Bertz CT molecular complexity index is 590. The van der Waals surface area contributed by atoms with Crippen molar-refractivity contribution in [2.75, 3.05) is 0 Å². The molecule has 2 unspecified atom stereocenters. The molecule has 0 amide bonds. The fraction of sp³-hybridized carbons (Fsp3) is 0.571. The normalized spacial score (nSPS) is 26.6. The minimum Gasteiger partial charge on any atom is -0.487 e. The fourth-order valence-corrected chi connectivity index (χ4v) is 3.95. The molecule has 0 heterocycles. The zero-order chi connectivity index (χ0) is 15.2. The van der Waals surface area contributed by atoms with E-state index in [1.54, 1.807) is 0 Å². The van der Waals surface area contributed by atoms with Crippen molar-refractivity contribution in [3.05, 3.63) is 33.9 Å². The predicted octanol–water partition coefficient (Wildman–Crippen LogP) is 4.19. The first-order valence-corrected chi connectivity index (χ1v) is 7.32. The highest BCUT2D eigenvalue weighted by atomic mass is 35.5. The van der Waals surface area contributed by atoms with E-state index in [0.717, 1.165) is 31.7 Å². The first-order valence-electron chi connectivity index (χ1n) is 6.88. The number of alkyl halides is 1. The second-order valence-electron chi connectivity index (χ2n) is 5.74. The molecule has 114 valence electrons. The summed E-state index contributed by atoms with van der Waals surface area (Å²) in [5.74, 6) is -2.30. The molecule has 21 heavy (non-hydrogen) atoms. The maximum atomic E-state index is 13.9. The number of rotatable bonds is 3. The molecule has 4 nitrogen and oxygen atoms in total. The second-order valence-corrected chi connectivity index (χ2v) is 6.27. The van der Waals surface area contributed by atoms with Crippen LogP contribution < -0.4 is 4.74 Å². The van der Waals surface area contributed by atoms with Gasteiger partial charge in [-0.15, -0.1) is 11.6 Å². The number of nitro benzene ring substituents is 1. The number of ether oxygens (including phenoxy) is 1. The quantitative estimate of drug-likeness (QED) is 0.477. The Hall–Kier alpha value is -1.43. The van der Waals surface area contributed by atoms with E-state index in [4.69, 9.17) is 16.3 Å². The summed E-state index contributed by atoms with van der Waals surface area (Å²) in [5.41, 5.74) is -1.05. The number of halogens is 3. The van der Waals surface area contributed by atoms with E-state index in [1.807, 2.05) is 0 Å². The molecule has 3 rings (SSSR count). The van der Waals surface area contributed by atoms with Crippen LogP contribution in [0.4, 0.5) is 14.5 Å². The third-order valence-electron chi connectivity index (χ3n) is 4.69. The third-order valence-corrected chi connectivity index (χ3v) is 5.30. The molecule has 0 aliphatic heterocycles. The van der Waals surface area contributed by atoms with Gasteiger partial charge in [0.2, 0.25) is 5.82 Å². The van der Waals surface area contributed by atoms with E-state index in [9.17, 15) is 18.9 Å². The molecule has 2 aliphatic carbocycles. The molecule has 0 radical (unpaired) electrons. The topological polar surface area (TPSA) is 52.4 Å². The SMILES string of the molecule is O=[N+]([O-])c1cc(F)c(OC2CC(Cl)C23CCCC3)cc1F. The van der Waals surface area contributed by atoms with Crippen molar-refractivity contribution < 1.29 is 18.4 Å². The summed E-state index contributed by atoms with van der Waals surface area (Å²) >= 11 is 6.27. The first kappa shape index (κ1) is 14.5. The molecule has 2 aliphatic rings. The summed E-state index contributed by atoms with van der Waals surface area (Å²) in [6.45, 7) is 0. The molecule has 1 aromatic rings. The lowest BCUT2D eigenvalue weighted by atomic mass is 9.64. The summed E-state index contributed by atoms with van der Waals surface area (Å²) in [6, 6.07) is 1.31. The third kappa shape index (κ3) is 2.25. The van der Waals surface area contributed by atoms with Crippen LogP contribution in [0.15, 0.2) is 12.1 Å². The van der Waals surface area contributed by atoms with Gasteiger partial charge in [0.05, 0.1) is 11.0 Å². The van der Waals surface area contributed by atoms with Gasteiger partial charge in [-0.1, -0.05) is 12.8 Å². The van der Waals surface area contributed by atoms with Gasteiger partial charge in [-0.05, 0) is 12.8 Å². The zero-order valence-corrected chi connectivity index (χ0v) is 11.9. The average Bonchev–Trinajstić information content (AvgIpc) is 2.94. The number of nitro groups is 1. The van der Waals surface area contributed by atoms with Crippen molar-refractivity contribution in [3.8, 4) is 5.75 Å². The molecule has 1 spiro atoms. The average molecular weight is 318 g/mol. The summed E-state index contributed by atoms with van der Waals surface area (Å²) in [4.78, 5) is 9.60. The molecule has 0 aromatic heterocycles. The number of hydrogen-bond acceptors (Lipinski definition) is 3. The van der Waals surface area contributed by atoms with Crippen LogP contribution in [0.3, 0.4) is 0 Å². The highest BCUT2D eigenvalue weighted by Crippen LogP contribution is 2.57. The van der Waals surface area contributed by atoms with Crippen LogP contribution in [0.25, 0.3) is 0 Å². The Labute approximate surface area is 125 Å². The standard InChI is InChI=1S/C14H14ClF2NO3/c15-12-7-13(14(12)3-1-2-4-14)21-11-6-8(16)10(18(19)20)5-9(11)17/h5-6,12-13H,1-4,7H2. The van der Waals surface area contributed by atoms with Gasteiger partial charge in [0.25, 0.3) is 0 Å². The Morgan fingerprint density at radius 3 is 2.52 bits per heavy atom. The van der Waals surface area contributed by atoms with Gasteiger partial charge < -0.3 is 4.74 Å². The molecule has 0 saturated heterocycles. The van der Waals surface area contributed by atoms with Gasteiger partial charge in [-0.2, -0.15) is 4.39 Å². The predicted molar refractivity (Wildman–Crippen MR) is 72.6 cm³/mol. The van der Waals surface area contributed by atoms with Crippen LogP contribution >= 0.6 is 11.6 Å². The van der Waals surface area contributed by atoms with Crippen molar-refractivity contribution >= 4 is 17.3 Å². The Morgan fingerprint density at radius 2 is 1.95 bits per heavy atom. The van der Waals surface area contributed by atoms with Crippen molar-refractivity contribution in [3.63, 3.8) is 0 Å². The summed E-state index contributed by atoms with van der Waals surface area (Å²) in [5, 5.41) is 10.6. The monoisotopic (exact) mass is 317 g/mol. The van der Waals surface area contributed by atoms with E-state index in [0.29, 0.717) is 12.5 Å². The fourth-order valence-electron chi connectivity index (χ4n) is 3.43. The van der Waals surface area contributed by atoms with Crippen molar-refractivity contribution in [1.29, 1.82) is 0 Å². The second kappa shape index (κ2) is 5.09. The van der Waals surface area contributed by atoms with E-state index < -0.39 is 22.2 Å². The highest BCUT2D eigenvalue weighted by Gasteiger charge is 2.57. The van der Waals surface area contributed by atoms with Crippen LogP contribution in [-0.4, -0.2) is 16.4 Å². The molecular weight excluding hydrogens is 304 g/mol. The van der Waals surface area contributed by atoms with E-state index in [-0.39, 0.29) is 22.6 Å². The number of benzene rings is 1. The molecule has 2 atom stereocenters. The molecule has 7 heteroatoms. The Morgan fingerprint density at radius 1 is 1.29 bits per heavy atom. The summed E-state index contributed by atoms with van der Waals surface area (Å²) in [7, 11) is 0. The number of hydrogen-bond donors (Lipinski definition) is 0. The molecular formula is C14H14ClF2NO3. The molecule has 2 saturated carbocycles. The van der Waals surface area contributed by atoms with Crippen LogP contribution in [0.1, 0.15) is 32.1 Å². The molecule has 1 aromatic carbocycles. The van der Waals surface area contributed by atoms with Crippen molar-refractivity contribution in [2.24, 2.45) is 5.41 Å². The molecule has 0 bridgehead atoms.